The molecule has 0 atom stereocenters. The van der Waals surface area contributed by atoms with E-state index >= 15 is 0 Å². The second kappa shape index (κ2) is 10.8. The summed E-state index contributed by atoms with van der Waals surface area (Å²) >= 11 is 0. The van der Waals surface area contributed by atoms with Gasteiger partial charge in [0.2, 0.25) is 0 Å². The summed E-state index contributed by atoms with van der Waals surface area (Å²) in [7, 11) is -2.10. The van der Waals surface area contributed by atoms with Crippen molar-refractivity contribution in [2.75, 3.05) is 4.90 Å². The van der Waals surface area contributed by atoms with Crippen molar-refractivity contribution in [1.82, 2.24) is 0 Å². The molecule has 52 heavy (non-hydrogen) atoms. The summed E-state index contributed by atoms with van der Waals surface area (Å²) in [5, 5.41) is 10.0. The van der Waals surface area contributed by atoms with E-state index in [-0.39, 0.29) is 0 Å². The number of para-hydroxylation sites is 2. The Morgan fingerprint density at radius 3 is 1.92 bits per heavy atom. The van der Waals surface area contributed by atoms with Crippen LogP contribution in [-0.2, 0) is 0 Å². The maximum absolute atomic E-state index is 6.44. The number of anilines is 3. The maximum atomic E-state index is 6.44. The molecule has 10 aromatic rings. The van der Waals surface area contributed by atoms with Crippen LogP contribution in [0, 0.1) is 0 Å². The summed E-state index contributed by atoms with van der Waals surface area (Å²) < 4.78 is 12.8. The van der Waals surface area contributed by atoms with Gasteiger partial charge in [-0.2, -0.15) is 0 Å². The van der Waals surface area contributed by atoms with Gasteiger partial charge < -0.3 is 13.7 Å². The molecule has 4 heteroatoms. The van der Waals surface area contributed by atoms with Crippen LogP contribution < -0.4 is 15.3 Å². The Bertz CT molecular complexity index is 3080. The Morgan fingerprint density at radius 1 is 0.442 bits per heavy atom. The van der Waals surface area contributed by atoms with Crippen molar-refractivity contribution in [3.63, 3.8) is 0 Å². The van der Waals surface area contributed by atoms with Gasteiger partial charge in [-0.1, -0.05) is 116 Å². The fourth-order valence-corrected chi connectivity index (χ4v) is 11.8. The van der Waals surface area contributed by atoms with Crippen LogP contribution >= 0.6 is 0 Å². The Kier molecular flexibility index (Phi) is 6.11. The van der Waals surface area contributed by atoms with Crippen molar-refractivity contribution in [1.29, 1.82) is 0 Å². The first kappa shape index (κ1) is 29.4. The predicted molar refractivity (Wildman–Crippen MR) is 221 cm³/mol. The number of benzene rings is 8. The summed E-state index contributed by atoms with van der Waals surface area (Å²) in [5.74, 6) is 0. The first-order chi connectivity index (χ1) is 25.5. The molecule has 8 aromatic carbocycles. The van der Waals surface area contributed by atoms with Gasteiger partial charge >= 0.3 is 0 Å². The molecule has 0 fully saturated rings. The molecule has 1 aliphatic rings. The standard InChI is InChI=1S/C48H33NO2Si/c1-52(2)44-26-25-43-47(37-16-6-8-19-41(37)51-43)48(44)38-24-23-35(29-45(38)52)49(39-17-10-20-42-46(39)36-15-5-7-18-40(36)50-42)34-14-9-13-32(28-34)33-22-21-30-11-3-4-12-31(30)27-33/h3-29H,1-2H3. The summed E-state index contributed by atoms with van der Waals surface area (Å²) in [5.41, 5.74) is 12.0. The lowest BCUT2D eigenvalue weighted by Gasteiger charge is -2.28. The molecule has 0 unspecified atom stereocenters. The van der Waals surface area contributed by atoms with Gasteiger partial charge in [-0.3, -0.25) is 0 Å². The molecule has 3 nitrogen and oxygen atoms in total. The minimum atomic E-state index is -2.10. The van der Waals surface area contributed by atoms with E-state index in [4.69, 9.17) is 8.83 Å². The van der Waals surface area contributed by atoms with E-state index in [1.807, 2.05) is 6.07 Å². The third kappa shape index (κ3) is 4.19. The number of rotatable bonds is 4. The molecule has 0 radical (unpaired) electrons. The van der Waals surface area contributed by atoms with Crippen LogP contribution in [0.25, 0.3) is 76.9 Å². The fraction of sp³-hybridized carbons (Fsp3) is 0.0417. The lowest BCUT2D eigenvalue weighted by molar-refractivity contribution is 0.668. The molecular weight excluding hydrogens is 651 g/mol. The number of hydrogen-bond acceptors (Lipinski definition) is 3. The molecule has 246 valence electrons. The van der Waals surface area contributed by atoms with Crippen molar-refractivity contribution >= 4 is 90.2 Å². The SMILES string of the molecule is C[Si]1(C)c2cc(N(c3cccc(-c4ccc5ccccc5c4)c3)c3cccc4oc5ccccc5c34)ccc2-c2c1ccc1oc3ccccc3c21. The lowest BCUT2D eigenvalue weighted by Crippen LogP contribution is -2.49. The average molecular weight is 684 g/mol. The molecule has 0 spiro atoms. The second-order valence-corrected chi connectivity index (χ2v) is 18.8. The van der Waals surface area contributed by atoms with E-state index in [2.05, 4.69) is 176 Å². The molecule has 3 heterocycles. The van der Waals surface area contributed by atoms with E-state index in [9.17, 15) is 0 Å². The van der Waals surface area contributed by atoms with E-state index in [1.54, 1.807) is 0 Å². The third-order valence-corrected chi connectivity index (χ3v) is 14.8. The minimum absolute atomic E-state index is 0.881. The number of hydrogen-bond donors (Lipinski definition) is 0. The zero-order valence-corrected chi connectivity index (χ0v) is 29.9. The number of nitrogens with zero attached hydrogens (tertiary/aromatic N) is 1. The van der Waals surface area contributed by atoms with Crippen LogP contribution in [0.1, 0.15) is 0 Å². The largest absolute Gasteiger partial charge is 0.456 e. The van der Waals surface area contributed by atoms with Gasteiger partial charge in [-0.15, -0.1) is 0 Å². The van der Waals surface area contributed by atoms with Gasteiger partial charge in [0.05, 0.1) is 11.1 Å². The Labute approximate surface area is 302 Å². The molecule has 11 rings (SSSR count). The van der Waals surface area contributed by atoms with Crippen LogP contribution in [0.15, 0.2) is 173 Å². The number of fused-ring (bicyclic) bond motifs is 11. The van der Waals surface area contributed by atoms with Crippen LogP contribution in [0.5, 0.6) is 0 Å². The molecule has 0 saturated heterocycles. The molecule has 0 bridgehead atoms. The van der Waals surface area contributed by atoms with Crippen molar-refractivity contribution < 1.29 is 8.83 Å². The molecule has 0 saturated carbocycles. The summed E-state index contributed by atoms with van der Waals surface area (Å²) in [6.07, 6.45) is 0. The van der Waals surface area contributed by atoms with Crippen LogP contribution in [0.3, 0.4) is 0 Å². The molecule has 1 aliphatic heterocycles. The summed E-state index contributed by atoms with van der Waals surface area (Å²) in [6.45, 7) is 4.98. The maximum Gasteiger partial charge on any atom is 0.137 e. The first-order valence-corrected chi connectivity index (χ1v) is 20.9. The van der Waals surface area contributed by atoms with Gasteiger partial charge in [-0.25, -0.2) is 0 Å². The Balaban J connectivity index is 1.15. The van der Waals surface area contributed by atoms with Crippen molar-refractivity contribution in [2.45, 2.75) is 13.1 Å². The van der Waals surface area contributed by atoms with Gasteiger partial charge in [0.15, 0.2) is 0 Å². The monoisotopic (exact) mass is 683 g/mol. The van der Waals surface area contributed by atoms with E-state index in [0.29, 0.717) is 0 Å². The fourth-order valence-electron chi connectivity index (χ4n) is 8.73. The molecule has 0 N–H and O–H groups in total. The van der Waals surface area contributed by atoms with Gasteiger partial charge in [-0.05, 0) is 104 Å². The van der Waals surface area contributed by atoms with Gasteiger partial charge in [0.1, 0.15) is 30.4 Å². The highest BCUT2D eigenvalue weighted by Crippen LogP contribution is 2.46. The zero-order valence-electron chi connectivity index (χ0n) is 28.9. The minimum Gasteiger partial charge on any atom is -0.456 e. The first-order valence-electron chi connectivity index (χ1n) is 17.9. The second-order valence-electron chi connectivity index (χ2n) is 14.5. The molecule has 0 amide bonds. The average Bonchev–Trinajstić information content (AvgIpc) is 3.83. The summed E-state index contributed by atoms with van der Waals surface area (Å²) in [4.78, 5) is 2.44. The van der Waals surface area contributed by atoms with Crippen molar-refractivity contribution in [3.05, 3.63) is 164 Å². The highest BCUT2D eigenvalue weighted by Gasteiger charge is 2.40. The molecule has 0 aliphatic carbocycles. The van der Waals surface area contributed by atoms with Gasteiger partial charge in [0.25, 0.3) is 0 Å². The van der Waals surface area contributed by atoms with Gasteiger partial charge in [0, 0.05) is 27.5 Å². The quantitative estimate of drug-likeness (QED) is 0.173. The third-order valence-electron chi connectivity index (χ3n) is 11.2. The van der Waals surface area contributed by atoms with E-state index in [1.165, 1.54) is 54.2 Å². The van der Waals surface area contributed by atoms with E-state index in [0.717, 1.165) is 50.2 Å². The highest BCUT2D eigenvalue weighted by molar-refractivity contribution is 7.04. The van der Waals surface area contributed by atoms with Crippen molar-refractivity contribution in [2.24, 2.45) is 0 Å². The number of furan rings is 2. The highest BCUT2D eigenvalue weighted by atomic mass is 28.3. The smallest absolute Gasteiger partial charge is 0.137 e. The lowest BCUT2D eigenvalue weighted by atomic mass is 9.98. The van der Waals surface area contributed by atoms with E-state index < -0.39 is 8.07 Å². The topological polar surface area (TPSA) is 29.5 Å². The predicted octanol–water partition coefficient (Wildman–Crippen LogP) is 12.6. The summed E-state index contributed by atoms with van der Waals surface area (Å²) in [6, 6.07) is 59.2. The Hall–Kier alpha value is -6.36. The Morgan fingerprint density at radius 2 is 1.10 bits per heavy atom. The van der Waals surface area contributed by atoms with Crippen LogP contribution in [-0.4, -0.2) is 8.07 Å². The zero-order chi connectivity index (χ0) is 34.6. The normalized spacial score (nSPS) is 13.3. The molecular formula is C48H33NO2Si. The van der Waals surface area contributed by atoms with Crippen LogP contribution in [0.4, 0.5) is 17.1 Å². The van der Waals surface area contributed by atoms with Crippen molar-refractivity contribution in [3.8, 4) is 22.3 Å². The van der Waals surface area contributed by atoms with Crippen LogP contribution in [0.2, 0.25) is 13.1 Å². The molecule has 2 aromatic heterocycles.